The third-order valence-electron chi connectivity index (χ3n) is 4.45. The topological polar surface area (TPSA) is 71.4 Å². The van der Waals surface area contributed by atoms with E-state index in [4.69, 9.17) is 0 Å². The fraction of sp³-hybridized carbons (Fsp3) is 0.923. The van der Waals surface area contributed by atoms with E-state index >= 15 is 0 Å². The molecule has 0 aliphatic heterocycles. The molecular weight excluding hydrogens is 252 g/mol. The van der Waals surface area contributed by atoms with Gasteiger partial charge in [-0.25, -0.2) is 0 Å². The van der Waals surface area contributed by atoms with Gasteiger partial charge in [-0.15, -0.1) is 0 Å². The van der Waals surface area contributed by atoms with E-state index in [1.54, 1.807) is 20.8 Å². The first-order valence-electron chi connectivity index (χ1n) is 6.60. The molecule has 5 heteroatoms. The second-order valence-electron chi connectivity index (χ2n) is 6.94. The van der Waals surface area contributed by atoms with Gasteiger partial charge >= 0.3 is 0 Å². The third kappa shape index (κ3) is 2.48. The van der Waals surface area contributed by atoms with Crippen LogP contribution in [0, 0.1) is 23.2 Å². The predicted octanol–water partition coefficient (Wildman–Crippen LogP) is 2.29. The number of ketones is 1. The van der Waals surface area contributed by atoms with Gasteiger partial charge in [-0.05, 0) is 36.5 Å². The Morgan fingerprint density at radius 3 is 2.17 bits per heavy atom. The number of carbonyl (C=O) groups is 1. The highest BCUT2D eigenvalue weighted by Gasteiger charge is 2.50. The maximum atomic E-state index is 12.5. The first-order valence-corrected chi connectivity index (χ1v) is 8.11. The number of Topliss-reactive ketones (excluding diaryl/α,β-unsaturated/α-hetero) is 1. The molecule has 0 spiro atoms. The molecule has 4 atom stereocenters. The second kappa shape index (κ2) is 4.30. The van der Waals surface area contributed by atoms with Crippen molar-refractivity contribution in [2.45, 2.75) is 51.7 Å². The molecule has 2 bridgehead atoms. The van der Waals surface area contributed by atoms with E-state index in [0.717, 1.165) is 19.3 Å². The van der Waals surface area contributed by atoms with Crippen LogP contribution in [0.4, 0.5) is 0 Å². The molecule has 4 nitrogen and oxygen atoms in total. The zero-order chi connectivity index (χ0) is 13.7. The largest absolute Gasteiger partial charge is 0.298 e. The van der Waals surface area contributed by atoms with Gasteiger partial charge in [-0.2, -0.15) is 8.42 Å². The Labute approximate surface area is 109 Å². The van der Waals surface area contributed by atoms with Gasteiger partial charge in [-0.1, -0.05) is 27.2 Å². The molecule has 2 fully saturated rings. The number of hydrogen-bond acceptors (Lipinski definition) is 3. The fourth-order valence-electron chi connectivity index (χ4n) is 3.81. The molecule has 2 aliphatic carbocycles. The highest BCUT2D eigenvalue weighted by Crippen LogP contribution is 2.50. The van der Waals surface area contributed by atoms with Crippen LogP contribution in [-0.4, -0.2) is 24.0 Å². The predicted molar refractivity (Wildman–Crippen MR) is 68.7 cm³/mol. The minimum atomic E-state index is -4.33. The number of rotatable bonds is 3. The summed E-state index contributed by atoms with van der Waals surface area (Å²) < 4.78 is 32.4. The first kappa shape index (κ1) is 14.0. The fourth-order valence-corrected chi connectivity index (χ4v) is 5.17. The quantitative estimate of drug-likeness (QED) is 0.802. The molecule has 1 N–H and O–H groups in total. The van der Waals surface area contributed by atoms with Crippen LogP contribution < -0.4 is 0 Å². The summed E-state index contributed by atoms with van der Waals surface area (Å²) in [5, 5.41) is -1.28. The van der Waals surface area contributed by atoms with E-state index in [1.165, 1.54) is 6.42 Å². The summed E-state index contributed by atoms with van der Waals surface area (Å²) in [6, 6.07) is 0. The lowest BCUT2D eigenvalue weighted by atomic mass is 9.79. The van der Waals surface area contributed by atoms with Crippen molar-refractivity contribution in [3.63, 3.8) is 0 Å². The molecule has 0 heterocycles. The average molecular weight is 274 g/mol. The normalized spacial score (nSPS) is 33.7. The van der Waals surface area contributed by atoms with Gasteiger partial charge in [0, 0.05) is 5.92 Å². The molecule has 0 radical (unpaired) electrons. The molecular formula is C13H22O4S. The molecule has 104 valence electrons. The van der Waals surface area contributed by atoms with Crippen molar-refractivity contribution in [3.8, 4) is 0 Å². The monoisotopic (exact) mass is 274 g/mol. The van der Waals surface area contributed by atoms with E-state index in [-0.39, 0.29) is 11.7 Å². The van der Waals surface area contributed by atoms with Crippen LogP contribution in [0.25, 0.3) is 0 Å². The van der Waals surface area contributed by atoms with Gasteiger partial charge in [0.15, 0.2) is 5.78 Å². The zero-order valence-electron chi connectivity index (χ0n) is 11.2. The third-order valence-corrected chi connectivity index (χ3v) is 5.98. The molecule has 2 saturated carbocycles. The molecule has 0 aromatic carbocycles. The van der Waals surface area contributed by atoms with E-state index in [0.29, 0.717) is 11.8 Å². The molecule has 0 aromatic heterocycles. The van der Waals surface area contributed by atoms with Gasteiger partial charge in [0.25, 0.3) is 10.1 Å². The van der Waals surface area contributed by atoms with E-state index < -0.39 is 20.8 Å². The number of hydrogen-bond donors (Lipinski definition) is 1. The Balaban J connectivity index is 2.25. The molecule has 2 aliphatic rings. The van der Waals surface area contributed by atoms with Gasteiger partial charge < -0.3 is 0 Å². The summed E-state index contributed by atoms with van der Waals surface area (Å²) >= 11 is 0. The lowest BCUT2D eigenvalue weighted by Crippen LogP contribution is -2.45. The standard InChI is InChI=1S/C13H22O4S/c1-13(2,3)12(18(15,16)17)11(14)10-7-8-4-5-9(10)6-8/h8-10,12H,4-7H2,1-3H3,(H,15,16,17). The molecule has 2 rings (SSSR count). The van der Waals surface area contributed by atoms with Crippen molar-refractivity contribution in [1.29, 1.82) is 0 Å². The molecule has 0 amide bonds. The highest BCUT2D eigenvalue weighted by atomic mass is 32.2. The van der Waals surface area contributed by atoms with Crippen molar-refractivity contribution < 1.29 is 17.8 Å². The zero-order valence-corrected chi connectivity index (χ0v) is 12.0. The van der Waals surface area contributed by atoms with Crippen LogP contribution in [-0.2, 0) is 14.9 Å². The minimum Gasteiger partial charge on any atom is -0.298 e. The summed E-state index contributed by atoms with van der Waals surface area (Å²) in [7, 11) is -4.33. The Morgan fingerprint density at radius 2 is 1.83 bits per heavy atom. The van der Waals surface area contributed by atoms with Crippen LogP contribution >= 0.6 is 0 Å². The lowest BCUT2D eigenvalue weighted by Gasteiger charge is -2.31. The summed E-state index contributed by atoms with van der Waals surface area (Å²) in [6.45, 7) is 5.07. The summed E-state index contributed by atoms with van der Waals surface area (Å²) in [6.07, 6.45) is 4.06. The number of carbonyl (C=O) groups excluding carboxylic acids is 1. The Hall–Kier alpha value is -0.420. The second-order valence-corrected chi connectivity index (χ2v) is 8.45. The van der Waals surface area contributed by atoms with Crippen molar-refractivity contribution >= 4 is 15.9 Å². The van der Waals surface area contributed by atoms with Gasteiger partial charge in [0.1, 0.15) is 5.25 Å². The van der Waals surface area contributed by atoms with Crippen LogP contribution in [0.1, 0.15) is 46.5 Å². The summed E-state index contributed by atoms with van der Waals surface area (Å²) in [5.41, 5.74) is -0.757. The van der Waals surface area contributed by atoms with E-state index in [9.17, 15) is 17.8 Å². The van der Waals surface area contributed by atoms with Crippen molar-refractivity contribution in [3.05, 3.63) is 0 Å². The molecule has 0 aromatic rings. The highest BCUT2D eigenvalue weighted by molar-refractivity contribution is 7.87. The minimum absolute atomic E-state index is 0.158. The molecule has 0 saturated heterocycles. The average Bonchev–Trinajstić information content (AvgIpc) is 2.72. The molecule has 18 heavy (non-hydrogen) atoms. The van der Waals surface area contributed by atoms with Gasteiger partial charge in [0.2, 0.25) is 0 Å². The smallest absolute Gasteiger partial charge is 0.275 e. The lowest BCUT2D eigenvalue weighted by molar-refractivity contribution is -0.125. The SMILES string of the molecule is CC(C)(C)C(C(=O)C1CC2CCC1C2)S(=O)(=O)O. The van der Waals surface area contributed by atoms with Crippen molar-refractivity contribution in [2.75, 3.05) is 0 Å². The Morgan fingerprint density at radius 1 is 1.22 bits per heavy atom. The number of fused-ring (bicyclic) bond motifs is 2. The van der Waals surface area contributed by atoms with Crippen molar-refractivity contribution in [1.82, 2.24) is 0 Å². The maximum absolute atomic E-state index is 12.5. The summed E-state index contributed by atoms with van der Waals surface area (Å²) in [5.74, 6) is 0.507. The van der Waals surface area contributed by atoms with E-state index in [1.807, 2.05) is 0 Å². The van der Waals surface area contributed by atoms with Gasteiger partial charge in [0.05, 0.1) is 0 Å². The van der Waals surface area contributed by atoms with Crippen molar-refractivity contribution in [2.24, 2.45) is 23.2 Å². The molecule has 4 unspecified atom stereocenters. The van der Waals surface area contributed by atoms with Crippen LogP contribution in [0.5, 0.6) is 0 Å². The van der Waals surface area contributed by atoms with Crippen LogP contribution in [0.2, 0.25) is 0 Å². The Kier molecular flexibility index (Phi) is 3.35. The first-order chi connectivity index (χ1) is 8.10. The van der Waals surface area contributed by atoms with Crippen LogP contribution in [0.3, 0.4) is 0 Å². The van der Waals surface area contributed by atoms with Crippen LogP contribution in [0.15, 0.2) is 0 Å². The van der Waals surface area contributed by atoms with E-state index in [2.05, 4.69) is 0 Å². The van der Waals surface area contributed by atoms with Gasteiger partial charge in [-0.3, -0.25) is 9.35 Å². The summed E-state index contributed by atoms with van der Waals surface area (Å²) in [4.78, 5) is 12.5. The maximum Gasteiger partial charge on any atom is 0.275 e. The Bertz CT molecular complexity index is 446.